The van der Waals surface area contributed by atoms with Gasteiger partial charge in [-0.3, -0.25) is 4.79 Å². The molecule has 1 N–H and O–H groups in total. The van der Waals surface area contributed by atoms with Crippen LogP contribution in [0.5, 0.6) is 5.75 Å². The maximum atomic E-state index is 12.6. The summed E-state index contributed by atoms with van der Waals surface area (Å²) in [5.74, 6) is 0.0583. The molecule has 0 aliphatic heterocycles. The van der Waals surface area contributed by atoms with Crippen molar-refractivity contribution >= 4 is 11.6 Å². The van der Waals surface area contributed by atoms with E-state index >= 15 is 0 Å². The van der Waals surface area contributed by atoms with E-state index in [1.807, 2.05) is 0 Å². The van der Waals surface area contributed by atoms with Crippen LogP contribution in [0.4, 0.5) is 8.78 Å². The summed E-state index contributed by atoms with van der Waals surface area (Å²) in [6.45, 7) is 0.945. The first-order valence-corrected chi connectivity index (χ1v) is 6.17. The summed E-state index contributed by atoms with van der Waals surface area (Å²) >= 11 is 5.67. The zero-order valence-corrected chi connectivity index (χ0v) is 14.7. The van der Waals surface area contributed by atoms with Gasteiger partial charge in [-0.15, -0.1) is 6.07 Å². The quantitative estimate of drug-likeness (QED) is 0.822. The van der Waals surface area contributed by atoms with Gasteiger partial charge in [-0.05, 0) is 12.1 Å². The second kappa shape index (κ2) is 7.48. The number of alkyl halides is 2. The second-order valence-corrected chi connectivity index (χ2v) is 4.70. The number of pyridine rings is 1. The minimum absolute atomic E-state index is 0. The monoisotopic (exact) mass is 387 g/mol. The van der Waals surface area contributed by atoms with Crippen molar-refractivity contribution < 1.29 is 46.6 Å². The van der Waals surface area contributed by atoms with E-state index in [0.29, 0.717) is 11.1 Å². The first-order valence-electron chi connectivity index (χ1n) is 5.79. The molecule has 0 unspecified atom stereocenters. The Morgan fingerprint density at radius 1 is 1.43 bits per heavy atom. The summed E-state index contributed by atoms with van der Waals surface area (Å²) < 4.78 is 26.2. The van der Waals surface area contributed by atoms with Gasteiger partial charge < -0.3 is 9.67 Å². The number of phenolic OH excluding ortho intramolecular Hbond substituents is 1. The van der Waals surface area contributed by atoms with Crippen LogP contribution < -0.4 is 5.56 Å². The van der Waals surface area contributed by atoms with Gasteiger partial charge in [0.1, 0.15) is 5.75 Å². The van der Waals surface area contributed by atoms with Crippen LogP contribution in [0.15, 0.2) is 29.1 Å². The van der Waals surface area contributed by atoms with Crippen molar-refractivity contribution in [2.75, 3.05) is 0 Å². The number of phenols is 1. The first kappa shape index (κ1) is 18.3. The average Bonchev–Trinajstić information content (AvgIpc) is 2.36. The fraction of sp³-hybridized carbons (Fsp3) is 0.214. The molecular weight excluding hydrogens is 377 g/mol. The summed E-state index contributed by atoms with van der Waals surface area (Å²) in [6, 6.07) is 8.45. The number of aryl methyl sites for hydroxylation is 1. The van der Waals surface area contributed by atoms with Crippen LogP contribution in [0, 0.1) is 13.0 Å². The number of hydrogen-bond acceptors (Lipinski definition) is 2. The Labute approximate surface area is 150 Å². The minimum atomic E-state index is -2.68. The fourth-order valence-corrected chi connectivity index (χ4v) is 2.11. The Bertz CT molecular complexity index is 704. The molecule has 0 saturated heterocycles. The third-order valence-corrected chi connectivity index (χ3v) is 3.11. The van der Waals surface area contributed by atoms with Crippen LogP contribution in [0.1, 0.15) is 5.56 Å². The van der Waals surface area contributed by atoms with Crippen LogP contribution in [0.2, 0.25) is 5.02 Å². The summed E-state index contributed by atoms with van der Waals surface area (Å²) in [6.07, 6.45) is -2.68. The van der Waals surface area contributed by atoms with Gasteiger partial charge in [0.2, 0.25) is 5.56 Å². The topological polar surface area (TPSA) is 42.2 Å². The van der Waals surface area contributed by atoms with Gasteiger partial charge in [0.25, 0.3) is 6.43 Å². The molecule has 2 aromatic rings. The van der Waals surface area contributed by atoms with E-state index in [9.17, 15) is 18.7 Å². The van der Waals surface area contributed by atoms with Gasteiger partial charge in [-0.1, -0.05) is 23.7 Å². The third kappa shape index (κ3) is 4.12. The molecule has 0 fully saturated rings. The molecule has 0 atom stereocenters. The molecular formula is C14H11ClF2NO2Y-. The van der Waals surface area contributed by atoms with Crippen molar-refractivity contribution in [3.8, 4) is 17.0 Å². The number of aromatic nitrogens is 1. The number of aromatic hydroxyl groups is 1. The molecule has 0 aliphatic rings. The smallest absolute Gasteiger partial charge is 0.256 e. The van der Waals surface area contributed by atoms with Crippen LogP contribution in [0.3, 0.4) is 0 Å². The second-order valence-electron chi connectivity index (χ2n) is 4.29. The van der Waals surface area contributed by atoms with E-state index in [4.69, 9.17) is 11.6 Å². The van der Waals surface area contributed by atoms with Crippen LogP contribution in [-0.2, 0) is 39.3 Å². The van der Waals surface area contributed by atoms with Crippen LogP contribution in [-0.4, -0.2) is 16.1 Å². The molecule has 0 bridgehead atoms. The number of nitrogens with zero attached hydrogens (tertiary/aromatic N) is 1. The molecule has 21 heavy (non-hydrogen) atoms. The minimum Gasteiger partial charge on any atom is -0.508 e. The maximum absolute atomic E-state index is 12.6. The SMILES string of the molecule is Cc1cc(O)ccc1-c1[c-]cc(Cl)c(=O)n1CC(F)F.[Y]. The zero-order valence-electron chi connectivity index (χ0n) is 11.1. The van der Waals surface area contributed by atoms with Crippen molar-refractivity contribution in [1.29, 1.82) is 0 Å². The first-order chi connectivity index (χ1) is 9.40. The molecule has 0 amide bonds. The number of hydrogen-bond donors (Lipinski definition) is 1. The number of benzene rings is 1. The molecule has 2 rings (SSSR count). The van der Waals surface area contributed by atoms with Gasteiger partial charge >= 0.3 is 0 Å². The fourth-order valence-electron chi connectivity index (χ4n) is 1.95. The maximum Gasteiger partial charge on any atom is 0.256 e. The number of rotatable bonds is 3. The largest absolute Gasteiger partial charge is 0.508 e. The van der Waals surface area contributed by atoms with E-state index in [2.05, 4.69) is 6.07 Å². The van der Waals surface area contributed by atoms with Crippen molar-refractivity contribution in [1.82, 2.24) is 4.57 Å². The standard InChI is InChI=1S/C14H11ClF2NO2.Y/c1-8-6-9(19)2-3-10(8)12-5-4-11(15)14(20)18(12)7-13(16)17;/h2-4,6,13,19H,7H2,1H3;/q-1;. The Kier molecular flexibility index (Phi) is 6.50. The van der Waals surface area contributed by atoms with Gasteiger partial charge in [0.15, 0.2) is 0 Å². The molecule has 3 nitrogen and oxygen atoms in total. The molecule has 1 heterocycles. The van der Waals surface area contributed by atoms with Crippen molar-refractivity contribution in [2.45, 2.75) is 19.9 Å². The van der Waals surface area contributed by atoms with Gasteiger partial charge in [-0.25, -0.2) is 8.78 Å². The molecule has 1 aromatic heterocycles. The molecule has 7 heteroatoms. The van der Waals surface area contributed by atoms with Gasteiger partial charge in [-0.2, -0.15) is 23.7 Å². The normalized spacial score (nSPS) is 10.5. The predicted octanol–water partition coefficient (Wildman–Crippen LogP) is 3.25. The third-order valence-electron chi connectivity index (χ3n) is 2.84. The van der Waals surface area contributed by atoms with E-state index in [1.165, 1.54) is 18.2 Å². The van der Waals surface area contributed by atoms with Crippen LogP contribution >= 0.6 is 11.6 Å². The molecule has 1 radical (unpaired) electrons. The summed E-state index contributed by atoms with van der Waals surface area (Å²) in [5.41, 5.74) is 0.716. The van der Waals surface area contributed by atoms with Crippen molar-refractivity contribution in [3.63, 3.8) is 0 Å². The average molecular weight is 388 g/mol. The molecule has 1 aromatic carbocycles. The molecule has 109 valence electrons. The predicted molar refractivity (Wildman–Crippen MR) is 72.4 cm³/mol. The van der Waals surface area contributed by atoms with E-state index < -0.39 is 18.5 Å². The van der Waals surface area contributed by atoms with Crippen molar-refractivity contribution in [2.24, 2.45) is 0 Å². The molecule has 0 aliphatic carbocycles. The number of halogens is 3. The van der Waals surface area contributed by atoms with Crippen molar-refractivity contribution in [3.05, 3.63) is 51.3 Å². The van der Waals surface area contributed by atoms with E-state index in [-0.39, 0.29) is 49.2 Å². The van der Waals surface area contributed by atoms with Gasteiger partial charge in [0, 0.05) is 37.7 Å². The summed E-state index contributed by atoms with van der Waals surface area (Å²) in [4.78, 5) is 11.9. The zero-order chi connectivity index (χ0) is 14.9. The van der Waals surface area contributed by atoms with Gasteiger partial charge in [0.05, 0.1) is 6.54 Å². The Hall–Kier alpha value is -0.776. The Balaban J connectivity index is 0.00000220. The Morgan fingerprint density at radius 3 is 2.67 bits per heavy atom. The molecule has 0 saturated carbocycles. The van der Waals surface area contributed by atoms with Crippen LogP contribution in [0.25, 0.3) is 11.3 Å². The van der Waals surface area contributed by atoms with E-state index in [0.717, 1.165) is 4.57 Å². The Morgan fingerprint density at radius 2 is 2.10 bits per heavy atom. The summed E-state index contributed by atoms with van der Waals surface area (Å²) in [7, 11) is 0. The van der Waals surface area contributed by atoms with E-state index in [1.54, 1.807) is 13.0 Å². The summed E-state index contributed by atoms with van der Waals surface area (Å²) in [5, 5.41) is 9.22. The molecule has 0 spiro atoms.